The van der Waals surface area contributed by atoms with Gasteiger partial charge in [-0.15, -0.1) is 9.24 Å². The van der Waals surface area contributed by atoms with Crippen molar-refractivity contribution in [3.63, 3.8) is 0 Å². The number of carbonyl (C=O) groups is 1. The van der Waals surface area contributed by atoms with Gasteiger partial charge in [-0.1, -0.05) is 13.8 Å². The molecule has 0 aliphatic carbocycles. The van der Waals surface area contributed by atoms with Crippen LogP contribution in [0.4, 0.5) is 0 Å². The van der Waals surface area contributed by atoms with Crippen molar-refractivity contribution in [3.05, 3.63) is 0 Å². The monoisotopic (exact) mass is 135 g/mol. The van der Waals surface area contributed by atoms with Crippen LogP contribution in [-0.4, -0.2) is 12.2 Å². The van der Waals surface area contributed by atoms with Crippen molar-refractivity contribution >= 4 is 15.1 Å². The summed E-state index contributed by atoms with van der Waals surface area (Å²) in [4.78, 5) is 9.92. The minimum Gasteiger partial charge on any atom is -0.353 e. The van der Waals surface area contributed by atoms with E-state index in [2.05, 4.69) is 14.6 Å². The third-order valence-corrected chi connectivity index (χ3v) is 0.555. The molecule has 0 aromatic carbocycles. The number of nitrogens with one attached hydrogen (secondary N) is 1. The zero-order valence-corrected chi connectivity index (χ0v) is 6.85. The molecular weight excluding hydrogens is 121 g/mol. The zero-order valence-electron chi connectivity index (χ0n) is 5.69. The molecule has 0 aliphatic rings. The SMILES string of the molecule is CC.CC(=O)NCP. The van der Waals surface area contributed by atoms with E-state index in [4.69, 9.17) is 0 Å². The van der Waals surface area contributed by atoms with E-state index in [9.17, 15) is 4.79 Å². The van der Waals surface area contributed by atoms with Gasteiger partial charge in [-0.05, 0) is 0 Å². The van der Waals surface area contributed by atoms with Crippen molar-refractivity contribution in [1.82, 2.24) is 5.32 Å². The highest BCUT2D eigenvalue weighted by Gasteiger charge is 1.79. The molecule has 0 rings (SSSR count). The van der Waals surface area contributed by atoms with E-state index in [1.165, 1.54) is 6.92 Å². The normalized spacial score (nSPS) is 6.50. The summed E-state index contributed by atoms with van der Waals surface area (Å²) in [7, 11) is 2.39. The summed E-state index contributed by atoms with van der Waals surface area (Å²) in [5.74, 6) is 0.0185. The van der Waals surface area contributed by atoms with Gasteiger partial charge in [0.25, 0.3) is 0 Å². The number of carbonyl (C=O) groups excluding carboxylic acids is 1. The van der Waals surface area contributed by atoms with E-state index >= 15 is 0 Å². The third-order valence-electron chi connectivity index (χ3n) is 0.351. The Morgan fingerprint density at radius 3 is 2.00 bits per heavy atom. The average Bonchev–Trinajstić information content (AvgIpc) is 1.72. The molecule has 0 saturated heterocycles. The van der Waals surface area contributed by atoms with Crippen LogP contribution in [0.1, 0.15) is 20.8 Å². The molecule has 0 bridgehead atoms. The molecule has 0 spiro atoms. The number of hydrogen-bond acceptors (Lipinski definition) is 1. The minimum absolute atomic E-state index is 0.0185. The van der Waals surface area contributed by atoms with Gasteiger partial charge in [-0.3, -0.25) is 4.79 Å². The van der Waals surface area contributed by atoms with Gasteiger partial charge in [0, 0.05) is 13.2 Å². The van der Waals surface area contributed by atoms with Crippen LogP contribution < -0.4 is 5.32 Å². The van der Waals surface area contributed by atoms with E-state index in [0.717, 1.165) is 0 Å². The second kappa shape index (κ2) is 10.0. The van der Waals surface area contributed by atoms with Crippen LogP contribution in [0.5, 0.6) is 0 Å². The quantitative estimate of drug-likeness (QED) is 0.533. The molecule has 1 amide bonds. The van der Waals surface area contributed by atoms with E-state index < -0.39 is 0 Å². The first kappa shape index (κ1) is 10.8. The van der Waals surface area contributed by atoms with Gasteiger partial charge in [-0.25, -0.2) is 0 Å². The Hall–Kier alpha value is -0.100. The molecule has 0 aliphatic heterocycles. The fourth-order valence-electron chi connectivity index (χ4n) is 0.144. The lowest BCUT2D eigenvalue weighted by Crippen LogP contribution is -2.16. The maximum atomic E-state index is 9.92. The number of amides is 1. The molecule has 1 N–H and O–H groups in total. The molecule has 0 saturated carbocycles. The first-order valence-corrected chi connectivity index (χ1v) is 3.53. The summed E-state index contributed by atoms with van der Waals surface area (Å²) in [5.41, 5.74) is 0. The lowest BCUT2D eigenvalue weighted by Gasteiger charge is -1.88. The Kier molecular flexibility index (Phi) is 13.5. The van der Waals surface area contributed by atoms with E-state index in [1.54, 1.807) is 0 Å². The second-order valence-corrected chi connectivity index (χ2v) is 1.35. The van der Waals surface area contributed by atoms with Crippen LogP contribution in [0.3, 0.4) is 0 Å². The smallest absolute Gasteiger partial charge is 0.217 e. The van der Waals surface area contributed by atoms with Gasteiger partial charge in [-0.2, -0.15) is 0 Å². The van der Waals surface area contributed by atoms with Crippen LogP contribution in [0, 0.1) is 0 Å². The fraction of sp³-hybridized carbons (Fsp3) is 0.800. The molecule has 0 heterocycles. The predicted molar refractivity (Wildman–Crippen MR) is 39.7 cm³/mol. The molecule has 0 aromatic rings. The zero-order chi connectivity index (χ0) is 6.99. The van der Waals surface area contributed by atoms with Gasteiger partial charge >= 0.3 is 0 Å². The molecule has 1 unspecified atom stereocenters. The lowest BCUT2D eigenvalue weighted by atomic mass is 10.7. The molecule has 3 heteroatoms. The summed E-state index contributed by atoms with van der Waals surface area (Å²) in [6.45, 7) is 5.49. The Bertz CT molecular complexity index is 56.4. The Morgan fingerprint density at radius 1 is 1.62 bits per heavy atom. The maximum Gasteiger partial charge on any atom is 0.217 e. The van der Waals surface area contributed by atoms with Crippen molar-refractivity contribution in [1.29, 1.82) is 0 Å². The third kappa shape index (κ3) is 16.8. The Morgan fingerprint density at radius 2 is 2.00 bits per heavy atom. The lowest BCUT2D eigenvalue weighted by molar-refractivity contribution is -0.118. The molecule has 8 heavy (non-hydrogen) atoms. The van der Waals surface area contributed by atoms with Gasteiger partial charge in [0.15, 0.2) is 0 Å². The summed E-state index contributed by atoms with van der Waals surface area (Å²) < 4.78 is 0. The van der Waals surface area contributed by atoms with E-state index in [1.807, 2.05) is 13.8 Å². The average molecular weight is 135 g/mol. The summed E-state index contributed by atoms with van der Waals surface area (Å²) in [6.07, 6.45) is 0.648. The van der Waals surface area contributed by atoms with Gasteiger partial charge < -0.3 is 5.32 Å². The summed E-state index contributed by atoms with van der Waals surface area (Å²) in [6, 6.07) is 0. The highest BCUT2D eigenvalue weighted by atomic mass is 31.0. The van der Waals surface area contributed by atoms with Crippen LogP contribution >= 0.6 is 9.24 Å². The van der Waals surface area contributed by atoms with Crippen molar-refractivity contribution in [2.24, 2.45) is 0 Å². The highest BCUT2D eigenvalue weighted by molar-refractivity contribution is 7.16. The first-order chi connectivity index (χ1) is 3.77. The van der Waals surface area contributed by atoms with E-state index in [-0.39, 0.29) is 5.91 Å². The van der Waals surface area contributed by atoms with Crippen molar-refractivity contribution in [3.8, 4) is 0 Å². The summed E-state index contributed by atoms with van der Waals surface area (Å²) in [5, 5.41) is 2.53. The highest BCUT2D eigenvalue weighted by Crippen LogP contribution is 1.69. The van der Waals surface area contributed by atoms with Crippen LogP contribution in [0.15, 0.2) is 0 Å². The first-order valence-electron chi connectivity index (χ1n) is 2.72. The van der Waals surface area contributed by atoms with Crippen LogP contribution in [0.2, 0.25) is 0 Å². The molecule has 2 nitrogen and oxygen atoms in total. The van der Waals surface area contributed by atoms with Gasteiger partial charge in [0.1, 0.15) is 0 Å². The minimum atomic E-state index is 0.0185. The number of rotatable bonds is 1. The Labute approximate surface area is 53.2 Å². The standard InChI is InChI=1S/C3H8NOP.C2H6/c1-3(5)4-2-6;1-2/h2,6H2,1H3,(H,4,5);1-2H3. The molecule has 0 radical (unpaired) electrons. The van der Waals surface area contributed by atoms with Crippen LogP contribution in [0.25, 0.3) is 0 Å². The van der Waals surface area contributed by atoms with Crippen LogP contribution in [-0.2, 0) is 4.79 Å². The fourth-order valence-corrected chi connectivity index (χ4v) is 0.431. The summed E-state index contributed by atoms with van der Waals surface area (Å²) >= 11 is 0. The van der Waals surface area contributed by atoms with Crippen molar-refractivity contribution < 1.29 is 4.79 Å². The molecular formula is C5H14NOP. The largest absolute Gasteiger partial charge is 0.353 e. The van der Waals surface area contributed by atoms with Gasteiger partial charge in [0.2, 0.25) is 5.91 Å². The maximum absolute atomic E-state index is 9.92. The van der Waals surface area contributed by atoms with E-state index in [0.29, 0.717) is 6.29 Å². The van der Waals surface area contributed by atoms with Gasteiger partial charge in [0.05, 0.1) is 0 Å². The van der Waals surface area contributed by atoms with Crippen molar-refractivity contribution in [2.45, 2.75) is 20.8 Å². The number of hydrogen-bond donors (Lipinski definition) is 1. The topological polar surface area (TPSA) is 29.1 Å². The molecule has 0 aromatic heterocycles. The van der Waals surface area contributed by atoms with Crippen molar-refractivity contribution in [2.75, 3.05) is 6.29 Å². The predicted octanol–water partition coefficient (Wildman–Crippen LogP) is 0.981. The molecule has 50 valence electrons. The molecule has 0 fully saturated rings. The molecule has 1 atom stereocenters. The second-order valence-electron chi connectivity index (χ2n) is 0.937. The Balaban J connectivity index is 0.